The third-order valence-corrected chi connectivity index (χ3v) is 5.75. The van der Waals surface area contributed by atoms with Crippen molar-refractivity contribution in [1.29, 1.82) is 0 Å². The van der Waals surface area contributed by atoms with Gasteiger partial charge in [0.25, 0.3) is 11.6 Å². The summed E-state index contributed by atoms with van der Waals surface area (Å²) in [5.41, 5.74) is 0.945. The van der Waals surface area contributed by atoms with Gasteiger partial charge >= 0.3 is 0 Å². The molecular weight excluding hydrogens is 458 g/mol. The summed E-state index contributed by atoms with van der Waals surface area (Å²) in [7, 11) is 0. The Morgan fingerprint density at radius 2 is 1.59 bits per heavy atom. The molecule has 1 fully saturated rings. The van der Waals surface area contributed by atoms with Gasteiger partial charge in [0.1, 0.15) is 30.4 Å². The van der Waals surface area contributed by atoms with Gasteiger partial charge in [0.05, 0.1) is 10.5 Å². The Bertz CT molecular complexity index is 1150. The van der Waals surface area contributed by atoms with Gasteiger partial charge in [-0.2, -0.15) is 0 Å². The van der Waals surface area contributed by atoms with E-state index in [-0.39, 0.29) is 11.6 Å². The Kier molecular flexibility index (Phi) is 7.49. The van der Waals surface area contributed by atoms with Crippen molar-refractivity contribution in [3.05, 3.63) is 93.5 Å². The van der Waals surface area contributed by atoms with Gasteiger partial charge in [0, 0.05) is 37.3 Å². The zero-order chi connectivity index (χ0) is 23.9. The molecule has 0 radical (unpaired) electrons. The molecule has 0 aliphatic carbocycles. The number of anilines is 1. The van der Waals surface area contributed by atoms with Crippen molar-refractivity contribution < 1.29 is 19.2 Å². The molecule has 1 aliphatic heterocycles. The van der Waals surface area contributed by atoms with E-state index in [4.69, 9.17) is 21.1 Å². The van der Waals surface area contributed by atoms with Gasteiger partial charge in [0.2, 0.25) is 0 Å². The molecule has 176 valence electrons. The van der Waals surface area contributed by atoms with E-state index in [2.05, 4.69) is 0 Å². The minimum atomic E-state index is -0.437. The molecule has 0 atom stereocenters. The number of hydrogen-bond donors (Lipinski definition) is 0. The fourth-order valence-electron chi connectivity index (χ4n) is 3.83. The number of rotatable bonds is 8. The van der Waals surface area contributed by atoms with Gasteiger partial charge in [0.15, 0.2) is 0 Å². The number of para-hydroxylation sites is 2. The second-order valence-corrected chi connectivity index (χ2v) is 8.11. The third-order valence-electron chi connectivity index (χ3n) is 5.51. The second kappa shape index (κ2) is 10.9. The van der Waals surface area contributed by atoms with Crippen LogP contribution in [0.15, 0.2) is 72.8 Å². The fraction of sp³-hybridized carbons (Fsp3) is 0.240. The van der Waals surface area contributed by atoms with E-state index in [9.17, 15) is 14.9 Å². The number of halogens is 1. The monoisotopic (exact) mass is 481 g/mol. The smallest absolute Gasteiger partial charge is 0.294 e. The van der Waals surface area contributed by atoms with Crippen molar-refractivity contribution in [3.8, 4) is 11.5 Å². The van der Waals surface area contributed by atoms with Crippen LogP contribution in [0.5, 0.6) is 11.5 Å². The number of amides is 1. The fourth-order valence-corrected chi connectivity index (χ4v) is 3.99. The van der Waals surface area contributed by atoms with Crippen molar-refractivity contribution in [2.24, 2.45) is 0 Å². The van der Waals surface area contributed by atoms with Gasteiger partial charge in [-0.15, -0.1) is 0 Å². The average Bonchev–Trinajstić information content (AvgIpc) is 2.87. The Morgan fingerprint density at radius 3 is 2.32 bits per heavy atom. The number of ether oxygens (including phenoxy) is 2. The van der Waals surface area contributed by atoms with E-state index in [1.165, 1.54) is 6.07 Å². The molecule has 0 bridgehead atoms. The highest BCUT2D eigenvalue weighted by molar-refractivity contribution is 6.30. The molecule has 1 saturated heterocycles. The first-order valence-electron chi connectivity index (χ1n) is 10.9. The summed E-state index contributed by atoms with van der Waals surface area (Å²) >= 11 is 5.93. The van der Waals surface area contributed by atoms with E-state index >= 15 is 0 Å². The maximum atomic E-state index is 13.2. The topological polar surface area (TPSA) is 85.2 Å². The van der Waals surface area contributed by atoms with E-state index in [0.29, 0.717) is 61.4 Å². The minimum Gasteiger partial charge on any atom is -0.490 e. The summed E-state index contributed by atoms with van der Waals surface area (Å²) in [5, 5.41) is 11.7. The summed E-state index contributed by atoms with van der Waals surface area (Å²) in [6, 6.07) is 21.2. The van der Waals surface area contributed by atoms with Crippen LogP contribution in [0.1, 0.15) is 10.4 Å². The molecule has 1 amide bonds. The lowest BCUT2D eigenvalue weighted by atomic mass is 10.1. The maximum absolute atomic E-state index is 13.2. The van der Waals surface area contributed by atoms with Crippen LogP contribution in [0, 0.1) is 10.1 Å². The highest BCUT2D eigenvalue weighted by Crippen LogP contribution is 2.32. The lowest BCUT2D eigenvalue weighted by Gasteiger charge is -2.36. The van der Waals surface area contributed by atoms with Crippen LogP contribution in [-0.2, 0) is 0 Å². The van der Waals surface area contributed by atoms with Crippen molar-refractivity contribution in [1.82, 2.24) is 4.90 Å². The zero-order valence-corrected chi connectivity index (χ0v) is 19.2. The quantitative estimate of drug-likeness (QED) is 0.264. The van der Waals surface area contributed by atoms with Gasteiger partial charge in [-0.1, -0.05) is 41.9 Å². The SMILES string of the molecule is O=C(c1ccccc1OCCOc1ccccc1)N1CCN(c2ccc(Cl)cc2[N+](=O)[O-])CC1. The van der Waals surface area contributed by atoms with Crippen molar-refractivity contribution >= 4 is 28.9 Å². The molecule has 34 heavy (non-hydrogen) atoms. The summed E-state index contributed by atoms with van der Waals surface area (Å²) in [6.07, 6.45) is 0. The molecule has 0 aromatic heterocycles. The van der Waals surface area contributed by atoms with Gasteiger partial charge in [-0.05, 0) is 36.4 Å². The summed E-state index contributed by atoms with van der Waals surface area (Å²) in [6.45, 7) is 2.47. The summed E-state index contributed by atoms with van der Waals surface area (Å²) in [4.78, 5) is 27.8. The highest BCUT2D eigenvalue weighted by atomic mass is 35.5. The van der Waals surface area contributed by atoms with Crippen LogP contribution >= 0.6 is 11.6 Å². The standard InChI is InChI=1S/C25H24ClN3O5/c26-19-10-11-22(23(18-19)29(31)32)27-12-14-28(15-13-27)25(30)21-8-4-5-9-24(21)34-17-16-33-20-6-2-1-3-7-20/h1-11,18H,12-17H2. The summed E-state index contributed by atoms with van der Waals surface area (Å²) < 4.78 is 11.5. The molecule has 0 unspecified atom stereocenters. The van der Waals surface area contributed by atoms with Crippen molar-refractivity contribution in [2.75, 3.05) is 44.3 Å². The van der Waals surface area contributed by atoms with E-state index in [0.717, 1.165) is 5.75 Å². The molecule has 0 spiro atoms. The van der Waals surface area contributed by atoms with E-state index < -0.39 is 4.92 Å². The van der Waals surface area contributed by atoms with Crippen LogP contribution < -0.4 is 14.4 Å². The zero-order valence-electron chi connectivity index (χ0n) is 18.4. The normalized spacial score (nSPS) is 13.4. The Labute approximate surface area is 202 Å². The first kappa shape index (κ1) is 23.4. The molecule has 1 aliphatic rings. The Hall–Kier alpha value is -3.78. The molecular formula is C25H24ClN3O5. The molecule has 3 aromatic rings. The second-order valence-electron chi connectivity index (χ2n) is 7.68. The van der Waals surface area contributed by atoms with Crippen LogP contribution in [-0.4, -0.2) is 55.1 Å². The highest BCUT2D eigenvalue weighted by Gasteiger charge is 2.27. The van der Waals surface area contributed by atoms with Gasteiger partial charge < -0.3 is 19.3 Å². The number of carbonyl (C=O) groups is 1. The number of benzene rings is 3. The van der Waals surface area contributed by atoms with Crippen molar-refractivity contribution in [3.63, 3.8) is 0 Å². The number of nitrogens with zero attached hydrogens (tertiary/aromatic N) is 3. The molecule has 0 N–H and O–H groups in total. The van der Waals surface area contributed by atoms with Crippen molar-refractivity contribution in [2.45, 2.75) is 0 Å². The maximum Gasteiger partial charge on any atom is 0.294 e. The number of nitro benzene ring substituents is 1. The average molecular weight is 482 g/mol. The van der Waals surface area contributed by atoms with Gasteiger partial charge in [-0.3, -0.25) is 14.9 Å². The predicted octanol–water partition coefficient (Wildman–Crippen LogP) is 4.67. The van der Waals surface area contributed by atoms with E-state index in [1.54, 1.807) is 35.2 Å². The van der Waals surface area contributed by atoms with E-state index in [1.807, 2.05) is 41.3 Å². The summed E-state index contributed by atoms with van der Waals surface area (Å²) in [5.74, 6) is 1.12. The molecule has 8 nitrogen and oxygen atoms in total. The molecule has 0 saturated carbocycles. The van der Waals surface area contributed by atoms with Crippen LogP contribution in [0.2, 0.25) is 5.02 Å². The Morgan fingerprint density at radius 1 is 0.912 bits per heavy atom. The first-order chi connectivity index (χ1) is 16.5. The largest absolute Gasteiger partial charge is 0.490 e. The third kappa shape index (κ3) is 5.58. The molecule has 3 aromatic carbocycles. The first-order valence-corrected chi connectivity index (χ1v) is 11.3. The lowest BCUT2D eigenvalue weighted by molar-refractivity contribution is -0.384. The number of hydrogen-bond acceptors (Lipinski definition) is 6. The predicted molar refractivity (Wildman–Crippen MR) is 130 cm³/mol. The Balaban J connectivity index is 1.36. The lowest BCUT2D eigenvalue weighted by Crippen LogP contribution is -2.49. The molecule has 4 rings (SSSR count). The molecule has 1 heterocycles. The van der Waals surface area contributed by atoms with Crippen LogP contribution in [0.4, 0.5) is 11.4 Å². The van der Waals surface area contributed by atoms with Crippen LogP contribution in [0.3, 0.4) is 0 Å². The number of nitro groups is 1. The number of piperazine rings is 1. The number of carbonyl (C=O) groups excluding carboxylic acids is 1. The minimum absolute atomic E-state index is 0.0382. The molecule has 9 heteroatoms. The van der Waals surface area contributed by atoms with Gasteiger partial charge in [-0.25, -0.2) is 0 Å². The van der Waals surface area contributed by atoms with Crippen LogP contribution in [0.25, 0.3) is 0 Å².